The lowest BCUT2D eigenvalue weighted by Gasteiger charge is -2.23. The van der Waals surface area contributed by atoms with Gasteiger partial charge in [0.1, 0.15) is 6.61 Å². The predicted octanol–water partition coefficient (Wildman–Crippen LogP) is 1.18. The van der Waals surface area contributed by atoms with Gasteiger partial charge in [0.25, 0.3) is 0 Å². The van der Waals surface area contributed by atoms with Crippen LogP contribution >= 0.6 is 0 Å². The van der Waals surface area contributed by atoms with Crippen LogP contribution in [0.3, 0.4) is 0 Å². The number of rotatable bonds is 7. The Morgan fingerprint density at radius 1 is 1.21 bits per heavy atom. The van der Waals surface area contributed by atoms with Crippen molar-refractivity contribution in [2.75, 3.05) is 40.4 Å². The number of carbonyl (C=O) groups is 1. The average Bonchev–Trinajstić information content (AvgIpc) is 2.41. The first-order valence-corrected chi connectivity index (χ1v) is 6.34. The van der Waals surface area contributed by atoms with E-state index in [4.69, 9.17) is 9.84 Å². The van der Waals surface area contributed by atoms with Crippen LogP contribution in [-0.2, 0) is 11.3 Å². The minimum Gasteiger partial charge on any atom is -0.447 e. The standard InChI is InChI=1S/C14H22N2O3/c1-15(2)8-9-16(14(18)19-11-10-17)12-13-6-4-3-5-7-13/h3-7,17H,8-12H2,1-2H3. The highest BCUT2D eigenvalue weighted by atomic mass is 16.6. The summed E-state index contributed by atoms with van der Waals surface area (Å²) < 4.78 is 4.98. The van der Waals surface area contributed by atoms with Crippen molar-refractivity contribution in [3.8, 4) is 0 Å². The second kappa shape index (κ2) is 8.50. The summed E-state index contributed by atoms with van der Waals surface area (Å²) in [5, 5.41) is 8.70. The fourth-order valence-corrected chi connectivity index (χ4v) is 1.58. The summed E-state index contributed by atoms with van der Waals surface area (Å²) in [6.07, 6.45) is -0.389. The van der Waals surface area contributed by atoms with Crippen LogP contribution in [0, 0.1) is 0 Å². The van der Waals surface area contributed by atoms with E-state index in [2.05, 4.69) is 0 Å². The third-order valence-electron chi connectivity index (χ3n) is 2.61. The molecule has 0 fully saturated rings. The number of ether oxygens (including phenoxy) is 1. The van der Waals surface area contributed by atoms with Gasteiger partial charge in [0.15, 0.2) is 0 Å². The Bertz CT molecular complexity index is 368. The van der Waals surface area contributed by atoms with E-state index in [0.29, 0.717) is 13.1 Å². The van der Waals surface area contributed by atoms with Gasteiger partial charge < -0.3 is 19.6 Å². The number of benzene rings is 1. The fourth-order valence-electron chi connectivity index (χ4n) is 1.58. The van der Waals surface area contributed by atoms with Crippen molar-refractivity contribution in [2.24, 2.45) is 0 Å². The number of likely N-dealkylation sites (N-methyl/N-ethyl adjacent to an activating group) is 1. The SMILES string of the molecule is CN(C)CCN(Cc1ccccc1)C(=O)OCCO. The lowest BCUT2D eigenvalue weighted by molar-refractivity contribution is 0.0800. The molecule has 0 saturated carbocycles. The molecule has 5 heteroatoms. The topological polar surface area (TPSA) is 53.0 Å². The largest absolute Gasteiger partial charge is 0.447 e. The first-order valence-electron chi connectivity index (χ1n) is 6.34. The second-order valence-electron chi connectivity index (χ2n) is 4.55. The highest BCUT2D eigenvalue weighted by molar-refractivity contribution is 5.67. The Hall–Kier alpha value is -1.59. The molecule has 0 aliphatic rings. The van der Waals surface area contributed by atoms with Crippen LogP contribution in [0.5, 0.6) is 0 Å². The van der Waals surface area contributed by atoms with E-state index in [9.17, 15) is 4.79 Å². The molecule has 0 bridgehead atoms. The summed E-state index contributed by atoms with van der Waals surface area (Å²) in [5.41, 5.74) is 1.06. The van der Waals surface area contributed by atoms with Crippen molar-refractivity contribution in [1.29, 1.82) is 0 Å². The molecule has 0 unspecified atom stereocenters. The Labute approximate surface area is 114 Å². The van der Waals surface area contributed by atoms with Crippen LogP contribution in [0.4, 0.5) is 4.79 Å². The zero-order chi connectivity index (χ0) is 14.1. The number of hydrogen-bond acceptors (Lipinski definition) is 4. The number of hydrogen-bond donors (Lipinski definition) is 1. The van der Waals surface area contributed by atoms with Crippen LogP contribution in [0.15, 0.2) is 30.3 Å². The number of carbonyl (C=O) groups excluding carboxylic acids is 1. The third-order valence-corrected chi connectivity index (χ3v) is 2.61. The Morgan fingerprint density at radius 3 is 2.47 bits per heavy atom. The first-order chi connectivity index (χ1) is 9.13. The number of aliphatic hydroxyl groups is 1. The van der Waals surface area contributed by atoms with Gasteiger partial charge in [-0.05, 0) is 19.7 Å². The highest BCUT2D eigenvalue weighted by Gasteiger charge is 2.15. The summed E-state index contributed by atoms with van der Waals surface area (Å²) >= 11 is 0. The van der Waals surface area contributed by atoms with Crippen molar-refractivity contribution in [3.63, 3.8) is 0 Å². The van der Waals surface area contributed by atoms with Crippen molar-refractivity contribution >= 4 is 6.09 Å². The molecule has 0 saturated heterocycles. The van der Waals surface area contributed by atoms with E-state index in [1.165, 1.54) is 0 Å². The van der Waals surface area contributed by atoms with Gasteiger partial charge in [0.05, 0.1) is 6.61 Å². The van der Waals surface area contributed by atoms with E-state index in [-0.39, 0.29) is 19.3 Å². The van der Waals surface area contributed by atoms with Crippen molar-refractivity contribution in [1.82, 2.24) is 9.80 Å². The van der Waals surface area contributed by atoms with Crippen LogP contribution in [0.1, 0.15) is 5.56 Å². The molecule has 0 aliphatic heterocycles. The highest BCUT2D eigenvalue weighted by Crippen LogP contribution is 2.06. The van der Waals surface area contributed by atoms with E-state index < -0.39 is 0 Å². The zero-order valence-electron chi connectivity index (χ0n) is 11.6. The normalized spacial score (nSPS) is 10.5. The zero-order valence-corrected chi connectivity index (χ0v) is 11.6. The molecule has 0 aromatic heterocycles. The second-order valence-corrected chi connectivity index (χ2v) is 4.55. The van der Waals surface area contributed by atoms with Crippen molar-refractivity contribution in [2.45, 2.75) is 6.54 Å². The summed E-state index contributed by atoms with van der Waals surface area (Å²) in [4.78, 5) is 15.5. The quantitative estimate of drug-likeness (QED) is 0.805. The van der Waals surface area contributed by atoms with E-state index in [1.54, 1.807) is 4.90 Å². The lowest BCUT2D eigenvalue weighted by Crippen LogP contribution is -2.37. The minimum absolute atomic E-state index is 0.0338. The average molecular weight is 266 g/mol. The van der Waals surface area contributed by atoms with Gasteiger partial charge in [-0.15, -0.1) is 0 Å². The molecule has 0 atom stereocenters. The molecule has 0 heterocycles. The van der Waals surface area contributed by atoms with Gasteiger partial charge in [-0.1, -0.05) is 30.3 Å². The molecule has 1 aromatic rings. The summed E-state index contributed by atoms with van der Waals surface area (Å²) in [7, 11) is 3.92. The van der Waals surface area contributed by atoms with Crippen LogP contribution in [0.2, 0.25) is 0 Å². The Balaban J connectivity index is 2.60. The maximum atomic E-state index is 11.9. The predicted molar refractivity (Wildman–Crippen MR) is 73.8 cm³/mol. The molecule has 1 aromatic carbocycles. The first kappa shape index (κ1) is 15.5. The molecule has 19 heavy (non-hydrogen) atoms. The summed E-state index contributed by atoms with van der Waals surface area (Å²) in [6.45, 7) is 1.75. The van der Waals surface area contributed by atoms with Crippen molar-refractivity contribution in [3.05, 3.63) is 35.9 Å². The van der Waals surface area contributed by atoms with Gasteiger partial charge in [-0.25, -0.2) is 4.79 Å². The Kier molecular flexibility index (Phi) is 6.92. The number of aliphatic hydroxyl groups excluding tert-OH is 1. The molecule has 1 N–H and O–H groups in total. The van der Waals surface area contributed by atoms with Crippen LogP contribution in [-0.4, -0.2) is 61.4 Å². The number of nitrogens with zero attached hydrogens (tertiary/aromatic N) is 2. The summed E-state index contributed by atoms with van der Waals surface area (Å²) in [6, 6.07) is 9.78. The summed E-state index contributed by atoms with van der Waals surface area (Å²) in [5.74, 6) is 0. The van der Waals surface area contributed by atoms with E-state index in [0.717, 1.165) is 12.1 Å². The monoisotopic (exact) mass is 266 g/mol. The molecule has 1 amide bonds. The lowest BCUT2D eigenvalue weighted by atomic mass is 10.2. The smallest absolute Gasteiger partial charge is 0.410 e. The molecule has 0 radical (unpaired) electrons. The molecule has 1 rings (SSSR count). The van der Waals surface area contributed by atoms with Crippen LogP contribution in [0.25, 0.3) is 0 Å². The van der Waals surface area contributed by atoms with Crippen molar-refractivity contribution < 1.29 is 14.6 Å². The fraction of sp³-hybridized carbons (Fsp3) is 0.500. The molecular formula is C14H22N2O3. The maximum Gasteiger partial charge on any atom is 0.410 e. The van der Waals surface area contributed by atoms with Crippen LogP contribution < -0.4 is 0 Å². The Morgan fingerprint density at radius 2 is 1.89 bits per heavy atom. The van der Waals surface area contributed by atoms with Gasteiger partial charge in [0.2, 0.25) is 0 Å². The van der Waals surface area contributed by atoms with Gasteiger partial charge >= 0.3 is 6.09 Å². The van der Waals surface area contributed by atoms with E-state index in [1.807, 2.05) is 49.3 Å². The maximum absolute atomic E-state index is 11.9. The molecule has 5 nitrogen and oxygen atoms in total. The molecule has 0 aliphatic carbocycles. The number of amides is 1. The third kappa shape index (κ3) is 6.22. The minimum atomic E-state index is -0.389. The van der Waals surface area contributed by atoms with Gasteiger partial charge in [0, 0.05) is 19.6 Å². The molecule has 0 spiro atoms. The van der Waals surface area contributed by atoms with Gasteiger partial charge in [-0.3, -0.25) is 0 Å². The van der Waals surface area contributed by atoms with Gasteiger partial charge in [-0.2, -0.15) is 0 Å². The van der Waals surface area contributed by atoms with E-state index >= 15 is 0 Å². The molecule has 106 valence electrons. The molecular weight excluding hydrogens is 244 g/mol.